The maximum absolute atomic E-state index is 9.26. The molecule has 0 aliphatic carbocycles. The highest BCUT2D eigenvalue weighted by atomic mass is 16.3. The zero-order valence-corrected chi connectivity index (χ0v) is 11.1. The first-order valence-corrected chi connectivity index (χ1v) is 6.30. The van der Waals surface area contributed by atoms with Crippen molar-refractivity contribution in [3.63, 3.8) is 0 Å². The van der Waals surface area contributed by atoms with Gasteiger partial charge in [-0.05, 0) is 36.1 Å². The number of rotatable bonds is 4. The summed E-state index contributed by atoms with van der Waals surface area (Å²) in [7, 11) is 0. The van der Waals surface area contributed by atoms with E-state index in [2.05, 4.69) is 30.9 Å². The molecule has 2 aromatic rings. The van der Waals surface area contributed by atoms with Gasteiger partial charge in [0.1, 0.15) is 0 Å². The van der Waals surface area contributed by atoms with Gasteiger partial charge in [-0.15, -0.1) is 0 Å². The van der Waals surface area contributed by atoms with Gasteiger partial charge < -0.3 is 5.11 Å². The molecule has 0 amide bonds. The third-order valence-corrected chi connectivity index (χ3v) is 2.91. The molecule has 1 N–H and O–H groups in total. The van der Waals surface area contributed by atoms with Gasteiger partial charge in [-0.1, -0.05) is 20.8 Å². The summed E-state index contributed by atoms with van der Waals surface area (Å²) in [6.07, 6.45) is 2.76. The maximum atomic E-state index is 9.26. The summed E-state index contributed by atoms with van der Waals surface area (Å²) in [4.78, 5) is 4.53. The van der Waals surface area contributed by atoms with Crippen molar-refractivity contribution in [2.75, 3.05) is 0 Å². The van der Waals surface area contributed by atoms with Crippen molar-refractivity contribution in [2.24, 2.45) is 0 Å². The van der Waals surface area contributed by atoms with E-state index in [-0.39, 0.29) is 6.61 Å². The molecule has 4 heteroatoms. The fourth-order valence-corrected chi connectivity index (χ4v) is 1.80. The summed E-state index contributed by atoms with van der Waals surface area (Å²) in [6, 6.07) is 5.80. The number of aryl methyl sites for hydroxylation is 1. The van der Waals surface area contributed by atoms with Gasteiger partial charge in [-0.2, -0.15) is 5.10 Å². The van der Waals surface area contributed by atoms with Crippen LogP contribution >= 0.6 is 0 Å². The van der Waals surface area contributed by atoms with Crippen molar-refractivity contribution in [1.29, 1.82) is 0 Å². The standard InChI is InChI=1S/C14H19N3O/c1-4-12-7-11(9-18)8-14(15-12)17-6-5-13(16-17)10(2)3/h5-8,10,18H,4,9H2,1-3H3. The van der Waals surface area contributed by atoms with Crippen molar-refractivity contribution in [1.82, 2.24) is 14.8 Å². The van der Waals surface area contributed by atoms with Crippen LogP contribution in [0.25, 0.3) is 5.82 Å². The number of aromatic nitrogens is 3. The predicted octanol–water partition coefficient (Wildman–Crippen LogP) is 2.45. The zero-order chi connectivity index (χ0) is 13.1. The van der Waals surface area contributed by atoms with Crippen LogP contribution in [0.15, 0.2) is 24.4 Å². The van der Waals surface area contributed by atoms with Gasteiger partial charge in [-0.3, -0.25) is 0 Å². The zero-order valence-electron chi connectivity index (χ0n) is 11.1. The lowest BCUT2D eigenvalue weighted by molar-refractivity contribution is 0.281. The van der Waals surface area contributed by atoms with Crippen LogP contribution in [0.1, 0.15) is 43.6 Å². The largest absolute Gasteiger partial charge is 0.392 e. The molecule has 0 aliphatic heterocycles. The summed E-state index contributed by atoms with van der Waals surface area (Å²) < 4.78 is 1.77. The van der Waals surface area contributed by atoms with E-state index in [1.165, 1.54) is 0 Å². The van der Waals surface area contributed by atoms with Crippen LogP contribution in [0.3, 0.4) is 0 Å². The Hall–Kier alpha value is -1.68. The fraction of sp³-hybridized carbons (Fsp3) is 0.429. The highest BCUT2D eigenvalue weighted by Gasteiger charge is 2.07. The Labute approximate surface area is 107 Å². The van der Waals surface area contributed by atoms with Gasteiger partial charge >= 0.3 is 0 Å². The van der Waals surface area contributed by atoms with E-state index in [0.717, 1.165) is 29.2 Å². The Balaban J connectivity index is 2.42. The second-order valence-corrected chi connectivity index (χ2v) is 4.68. The van der Waals surface area contributed by atoms with Gasteiger partial charge in [-0.25, -0.2) is 9.67 Å². The molecule has 96 valence electrons. The molecular formula is C14H19N3O. The Kier molecular flexibility index (Phi) is 3.77. The number of pyridine rings is 1. The van der Waals surface area contributed by atoms with Crippen molar-refractivity contribution >= 4 is 0 Å². The summed E-state index contributed by atoms with van der Waals surface area (Å²) >= 11 is 0. The average molecular weight is 245 g/mol. The SMILES string of the molecule is CCc1cc(CO)cc(-n2ccc(C(C)C)n2)n1. The molecule has 0 spiro atoms. The molecule has 18 heavy (non-hydrogen) atoms. The fourth-order valence-electron chi connectivity index (χ4n) is 1.80. The molecule has 0 radical (unpaired) electrons. The topological polar surface area (TPSA) is 50.9 Å². The normalized spacial score (nSPS) is 11.2. The third-order valence-electron chi connectivity index (χ3n) is 2.91. The van der Waals surface area contributed by atoms with Crippen LogP contribution in [0, 0.1) is 0 Å². The molecule has 0 aromatic carbocycles. The molecule has 0 fully saturated rings. The first kappa shape index (κ1) is 12.8. The van der Waals surface area contributed by atoms with Crippen molar-refractivity contribution in [3.8, 4) is 5.82 Å². The number of aliphatic hydroxyl groups excluding tert-OH is 1. The lowest BCUT2D eigenvalue weighted by Gasteiger charge is -2.06. The Bertz CT molecular complexity index is 509. The molecule has 0 bridgehead atoms. The number of hydrogen-bond acceptors (Lipinski definition) is 3. The lowest BCUT2D eigenvalue weighted by Crippen LogP contribution is -2.03. The molecule has 0 saturated heterocycles. The third kappa shape index (κ3) is 2.59. The number of nitrogens with zero attached hydrogens (tertiary/aromatic N) is 3. The Morgan fingerprint density at radius 2 is 2.11 bits per heavy atom. The Morgan fingerprint density at radius 1 is 1.33 bits per heavy atom. The van der Waals surface area contributed by atoms with Crippen molar-refractivity contribution in [2.45, 2.75) is 39.7 Å². The second kappa shape index (κ2) is 5.31. The number of hydrogen-bond donors (Lipinski definition) is 1. The van der Waals surface area contributed by atoms with E-state index < -0.39 is 0 Å². The summed E-state index contributed by atoms with van der Waals surface area (Å²) in [5.74, 6) is 1.17. The minimum absolute atomic E-state index is 0.0286. The first-order valence-electron chi connectivity index (χ1n) is 6.30. The molecule has 4 nitrogen and oxygen atoms in total. The first-order chi connectivity index (χ1) is 8.63. The lowest BCUT2D eigenvalue weighted by atomic mass is 10.1. The van der Waals surface area contributed by atoms with E-state index in [1.807, 2.05) is 24.4 Å². The number of aliphatic hydroxyl groups is 1. The van der Waals surface area contributed by atoms with Crippen LogP contribution in [0.4, 0.5) is 0 Å². The molecule has 0 aliphatic rings. The van der Waals surface area contributed by atoms with Crippen LogP contribution in [0.2, 0.25) is 0 Å². The van der Waals surface area contributed by atoms with Gasteiger partial charge in [0.2, 0.25) is 0 Å². The van der Waals surface area contributed by atoms with Crippen LogP contribution in [0.5, 0.6) is 0 Å². The maximum Gasteiger partial charge on any atom is 0.153 e. The van der Waals surface area contributed by atoms with E-state index in [0.29, 0.717) is 5.92 Å². The Morgan fingerprint density at radius 3 is 2.67 bits per heavy atom. The van der Waals surface area contributed by atoms with Crippen LogP contribution in [-0.2, 0) is 13.0 Å². The minimum Gasteiger partial charge on any atom is -0.392 e. The van der Waals surface area contributed by atoms with Crippen molar-refractivity contribution in [3.05, 3.63) is 41.3 Å². The van der Waals surface area contributed by atoms with Gasteiger partial charge in [0.25, 0.3) is 0 Å². The van der Waals surface area contributed by atoms with E-state index in [4.69, 9.17) is 0 Å². The van der Waals surface area contributed by atoms with E-state index in [1.54, 1.807) is 4.68 Å². The molecule has 0 unspecified atom stereocenters. The van der Waals surface area contributed by atoms with Gasteiger partial charge in [0, 0.05) is 11.9 Å². The highest BCUT2D eigenvalue weighted by molar-refractivity contribution is 5.30. The summed E-state index contributed by atoms with van der Waals surface area (Å²) in [5.41, 5.74) is 2.89. The second-order valence-electron chi connectivity index (χ2n) is 4.68. The van der Waals surface area contributed by atoms with Gasteiger partial charge in [0.15, 0.2) is 5.82 Å². The van der Waals surface area contributed by atoms with Gasteiger partial charge in [0.05, 0.1) is 12.3 Å². The van der Waals surface area contributed by atoms with E-state index in [9.17, 15) is 5.11 Å². The molecule has 2 aromatic heterocycles. The average Bonchev–Trinajstić information content (AvgIpc) is 2.87. The smallest absolute Gasteiger partial charge is 0.153 e. The van der Waals surface area contributed by atoms with Crippen LogP contribution < -0.4 is 0 Å². The monoisotopic (exact) mass is 245 g/mol. The summed E-state index contributed by atoms with van der Waals surface area (Å²) in [5, 5.41) is 13.8. The molecular weight excluding hydrogens is 226 g/mol. The van der Waals surface area contributed by atoms with E-state index >= 15 is 0 Å². The molecule has 0 saturated carbocycles. The van der Waals surface area contributed by atoms with Crippen molar-refractivity contribution < 1.29 is 5.11 Å². The minimum atomic E-state index is 0.0286. The highest BCUT2D eigenvalue weighted by Crippen LogP contribution is 2.15. The quantitative estimate of drug-likeness (QED) is 0.900. The molecule has 0 atom stereocenters. The summed E-state index contributed by atoms with van der Waals surface area (Å²) in [6.45, 7) is 6.31. The van der Waals surface area contributed by atoms with Crippen LogP contribution in [-0.4, -0.2) is 19.9 Å². The molecule has 2 heterocycles. The molecule has 2 rings (SSSR count). The predicted molar refractivity (Wildman–Crippen MR) is 70.7 cm³/mol.